The van der Waals surface area contributed by atoms with Gasteiger partial charge in [0.1, 0.15) is 5.82 Å². The number of hydrogen-bond acceptors (Lipinski definition) is 2. The molecule has 0 bridgehead atoms. The van der Waals surface area contributed by atoms with E-state index in [4.69, 9.17) is 9.47 Å². The van der Waals surface area contributed by atoms with Crippen LogP contribution in [0, 0.1) is 11.2 Å². The Morgan fingerprint density at radius 2 is 1.46 bits per heavy atom. The molecule has 1 aliphatic heterocycles. The molecule has 1 aromatic carbocycles. The van der Waals surface area contributed by atoms with Crippen LogP contribution < -0.4 is 0 Å². The molecule has 0 atom stereocenters. The van der Waals surface area contributed by atoms with Gasteiger partial charge in [0.15, 0.2) is 5.79 Å². The Labute approximate surface area is 147 Å². The molecule has 1 saturated heterocycles. The molecule has 0 amide bonds. The van der Waals surface area contributed by atoms with Crippen LogP contribution >= 0.6 is 0 Å². The van der Waals surface area contributed by atoms with Crippen LogP contribution in [0.2, 0.25) is 0 Å². The highest BCUT2D eigenvalue weighted by Gasteiger charge is 2.44. The van der Waals surface area contributed by atoms with E-state index < -0.39 is 5.79 Å². The molecule has 1 fully saturated rings. The largest absolute Gasteiger partial charge is 0.345 e. The van der Waals surface area contributed by atoms with Crippen LogP contribution in [0.4, 0.5) is 4.39 Å². The van der Waals surface area contributed by atoms with Gasteiger partial charge in [-0.3, -0.25) is 0 Å². The Morgan fingerprint density at radius 1 is 0.917 bits per heavy atom. The minimum Gasteiger partial charge on any atom is -0.345 e. The number of halogens is 1. The Kier molecular flexibility index (Phi) is 8.11. The molecule has 3 heteroatoms. The third kappa shape index (κ3) is 4.90. The lowest BCUT2D eigenvalue weighted by Gasteiger charge is -2.46. The minimum atomic E-state index is -0.633. The summed E-state index contributed by atoms with van der Waals surface area (Å²) >= 11 is 0. The number of ether oxygens (including phenoxy) is 2. The molecule has 2 aliphatic rings. The summed E-state index contributed by atoms with van der Waals surface area (Å²) in [5, 5.41) is 0. The maximum Gasteiger partial charge on any atom is 0.195 e. The van der Waals surface area contributed by atoms with Crippen molar-refractivity contribution in [3.8, 4) is 0 Å². The number of rotatable bonds is 1. The van der Waals surface area contributed by atoms with E-state index in [-0.39, 0.29) is 11.2 Å². The molecule has 1 heterocycles. The van der Waals surface area contributed by atoms with Crippen LogP contribution in [0.1, 0.15) is 66.4 Å². The Hall–Kier alpha value is -1.19. The van der Waals surface area contributed by atoms with Gasteiger partial charge >= 0.3 is 0 Å². The molecule has 1 aromatic rings. The highest BCUT2D eigenvalue weighted by molar-refractivity contribution is 5.71. The van der Waals surface area contributed by atoms with Crippen molar-refractivity contribution in [2.45, 2.75) is 66.6 Å². The third-order valence-corrected chi connectivity index (χ3v) is 4.02. The molecule has 0 unspecified atom stereocenters. The summed E-state index contributed by atoms with van der Waals surface area (Å²) in [7, 11) is 0. The van der Waals surface area contributed by atoms with Crippen molar-refractivity contribution in [1.82, 2.24) is 0 Å². The topological polar surface area (TPSA) is 18.5 Å². The fourth-order valence-corrected chi connectivity index (χ4v) is 2.85. The molecule has 1 aliphatic carbocycles. The summed E-state index contributed by atoms with van der Waals surface area (Å²) < 4.78 is 25.4. The van der Waals surface area contributed by atoms with Gasteiger partial charge in [-0.2, -0.15) is 0 Å². The second kappa shape index (κ2) is 9.33. The zero-order valence-electron chi connectivity index (χ0n) is 16.1. The Bertz CT molecular complexity index is 507. The predicted molar refractivity (Wildman–Crippen MR) is 99.3 cm³/mol. The van der Waals surface area contributed by atoms with Crippen molar-refractivity contribution in [1.29, 1.82) is 0 Å². The van der Waals surface area contributed by atoms with E-state index in [2.05, 4.69) is 19.9 Å². The van der Waals surface area contributed by atoms with Crippen molar-refractivity contribution >= 4 is 5.57 Å². The van der Waals surface area contributed by atoms with E-state index in [9.17, 15) is 4.39 Å². The van der Waals surface area contributed by atoms with Gasteiger partial charge in [0, 0.05) is 17.4 Å². The van der Waals surface area contributed by atoms with Crippen LogP contribution in [0.3, 0.4) is 0 Å². The van der Waals surface area contributed by atoms with Crippen LogP contribution in [-0.2, 0) is 9.47 Å². The van der Waals surface area contributed by atoms with Gasteiger partial charge in [0.25, 0.3) is 0 Å². The maximum atomic E-state index is 13.1. The van der Waals surface area contributed by atoms with E-state index in [0.29, 0.717) is 13.2 Å². The fraction of sp³-hybridized carbons (Fsp3) is 0.619. The second-order valence-electron chi connectivity index (χ2n) is 6.51. The number of benzene rings is 1. The summed E-state index contributed by atoms with van der Waals surface area (Å²) in [5.41, 5.74) is 2.10. The molecular weight excluding hydrogens is 303 g/mol. The highest BCUT2D eigenvalue weighted by atomic mass is 19.1. The van der Waals surface area contributed by atoms with Crippen LogP contribution in [0.25, 0.3) is 5.57 Å². The van der Waals surface area contributed by atoms with E-state index in [1.165, 1.54) is 12.1 Å². The van der Waals surface area contributed by atoms with Gasteiger partial charge < -0.3 is 9.47 Å². The Morgan fingerprint density at radius 3 is 2.00 bits per heavy atom. The van der Waals surface area contributed by atoms with Gasteiger partial charge in [0.05, 0.1) is 13.2 Å². The zero-order valence-corrected chi connectivity index (χ0v) is 16.1. The monoisotopic (exact) mass is 336 g/mol. The first kappa shape index (κ1) is 20.9. The third-order valence-electron chi connectivity index (χ3n) is 4.02. The molecule has 24 heavy (non-hydrogen) atoms. The number of hydrogen-bond donors (Lipinski definition) is 0. The molecular formula is C21H33FO2. The molecule has 2 nitrogen and oxygen atoms in total. The lowest BCUT2D eigenvalue weighted by molar-refractivity contribution is -0.269. The highest BCUT2D eigenvalue weighted by Crippen LogP contribution is 2.44. The SMILES string of the molecule is CC.CC.CC1(C)COC2(CCCC=C2c2ccc(F)cc2)OC1. The van der Waals surface area contributed by atoms with E-state index in [1.807, 2.05) is 27.7 Å². The maximum absolute atomic E-state index is 13.1. The van der Waals surface area contributed by atoms with Crippen molar-refractivity contribution in [3.05, 3.63) is 41.7 Å². The lowest BCUT2D eigenvalue weighted by Crippen LogP contribution is -2.49. The normalized spacial score (nSPS) is 20.9. The van der Waals surface area contributed by atoms with E-state index in [0.717, 1.165) is 30.4 Å². The first-order valence-corrected chi connectivity index (χ1v) is 9.25. The van der Waals surface area contributed by atoms with Gasteiger partial charge in [-0.25, -0.2) is 4.39 Å². The van der Waals surface area contributed by atoms with Gasteiger partial charge in [-0.1, -0.05) is 59.8 Å². The second-order valence-corrected chi connectivity index (χ2v) is 6.51. The van der Waals surface area contributed by atoms with Gasteiger partial charge in [-0.05, 0) is 30.5 Å². The average Bonchev–Trinajstić information content (AvgIpc) is 2.63. The number of allylic oxidation sites excluding steroid dienone is 1. The zero-order chi connectivity index (χ0) is 18.2. The average molecular weight is 336 g/mol. The van der Waals surface area contributed by atoms with Gasteiger partial charge in [0.2, 0.25) is 0 Å². The van der Waals surface area contributed by atoms with Crippen LogP contribution in [-0.4, -0.2) is 19.0 Å². The molecule has 0 saturated carbocycles. The Balaban J connectivity index is 0.000000671. The first-order valence-electron chi connectivity index (χ1n) is 9.25. The first-order chi connectivity index (χ1) is 11.5. The van der Waals surface area contributed by atoms with Crippen molar-refractivity contribution < 1.29 is 13.9 Å². The molecule has 0 radical (unpaired) electrons. The van der Waals surface area contributed by atoms with Crippen molar-refractivity contribution in [2.75, 3.05) is 13.2 Å². The summed E-state index contributed by atoms with van der Waals surface area (Å²) in [4.78, 5) is 0. The quantitative estimate of drug-likeness (QED) is 0.606. The van der Waals surface area contributed by atoms with Crippen LogP contribution in [0.5, 0.6) is 0 Å². The van der Waals surface area contributed by atoms with Gasteiger partial charge in [-0.15, -0.1) is 0 Å². The molecule has 0 aromatic heterocycles. The summed E-state index contributed by atoms with van der Waals surface area (Å²) in [6, 6.07) is 6.60. The van der Waals surface area contributed by atoms with Crippen LogP contribution in [0.15, 0.2) is 30.3 Å². The van der Waals surface area contributed by atoms with E-state index >= 15 is 0 Å². The van der Waals surface area contributed by atoms with Crippen molar-refractivity contribution in [2.24, 2.45) is 5.41 Å². The standard InChI is InChI=1S/C17H21FO2.2C2H6/c1-16(2)11-19-17(20-12-16)10-4-3-5-15(17)13-6-8-14(18)9-7-13;2*1-2/h5-9H,3-4,10-12H2,1-2H3;2*1-2H3. The van der Waals surface area contributed by atoms with Crippen molar-refractivity contribution in [3.63, 3.8) is 0 Å². The van der Waals surface area contributed by atoms with E-state index in [1.54, 1.807) is 12.1 Å². The molecule has 1 spiro atoms. The fourth-order valence-electron chi connectivity index (χ4n) is 2.85. The molecule has 3 rings (SSSR count). The molecule has 0 N–H and O–H groups in total. The molecule has 136 valence electrons. The smallest absolute Gasteiger partial charge is 0.195 e. The summed E-state index contributed by atoms with van der Waals surface area (Å²) in [6.07, 6.45) is 5.12. The summed E-state index contributed by atoms with van der Waals surface area (Å²) in [5.74, 6) is -0.850. The summed E-state index contributed by atoms with van der Waals surface area (Å²) in [6.45, 7) is 13.7. The minimum absolute atomic E-state index is 0.0522. The lowest BCUT2D eigenvalue weighted by atomic mass is 9.85. The predicted octanol–water partition coefficient (Wildman–Crippen LogP) is 6.21.